The van der Waals surface area contributed by atoms with E-state index in [9.17, 15) is 12.8 Å². The van der Waals surface area contributed by atoms with Crippen LogP contribution in [0.4, 0.5) is 4.39 Å². The Kier molecular flexibility index (Phi) is 2.79. The zero-order chi connectivity index (χ0) is 10.2. The van der Waals surface area contributed by atoms with Gasteiger partial charge in [0, 0.05) is 12.1 Å². The van der Waals surface area contributed by atoms with Crippen molar-refractivity contribution >= 4 is 9.84 Å². The highest BCUT2D eigenvalue weighted by Crippen LogP contribution is 2.23. The monoisotopic (exact) mass is 221 g/mol. The molecule has 1 saturated carbocycles. The number of hydrogen-bond donors (Lipinski definition) is 1. The molecule has 2 aliphatic rings. The highest BCUT2D eigenvalue weighted by atomic mass is 32.2. The molecule has 0 spiro atoms. The van der Waals surface area contributed by atoms with Crippen LogP contribution in [0.5, 0.6) is 0 Å². The largest absolute Gasteiger partial charge is 0.310 e. The van der Waals surface area contributed by atoms with Gasteiger partial charge in [-0.05, 0) is 25.7 Å². The Balaban J connectivity index is 1.82. The minimum absolute atomic E-state index is 0.0651. The summed E-state index contributed by atoms with van der Waals surface area (Å²) in [5.41, 5.74) is 0. The van der Waals surface area contributed by atoms with Gasteiger partial charge in [-0.1, -0.05) is 0 Å². The first-order valence-corrected chi connectivity index (χ1v) is 6.98. The van der Waals surface area contributed by atoms with Crippen LogP contribution in [0.15, 0.2) is 0 Å². The Hall–Kier alpha value is -0.160. The normalized spacial score (nSPS) is 41.6. The van der Waals surface area contributed by atoms with E-state index in [2.05, 4.69) is 5.32 Å². The summed E-state index contributed by atoms with van der Waals surface area (Å²) in [6, 6.07) is 0.263. The fraction of sp³-hybridized carbons (Fsp3) is 1.00. The number of hydrogen-bond acceptors (Lipinski definition) is 3. The molecule has 2 fully saturated rings. The van der Waals surface area contributed by atoms with Gasteiger partial charge in [0.05, 0.1) is 11.5 Å². The van der Waals surface area contributed by atoms with Crippen molar-refractivity contribution in [1.82, 2.24) is 5.32 Å². The Morgan fingerprint density at radius 2 is 1.93 bits per heavy atom. The highest BCUT2D eigenvalue weighted by Gasteiger charge is 2.32. The SMILES string of the molecule is O=S1(=O)CCC(NC2CCC(F)C2)C1. The van der Waals surface area contributed by atoms with Crippen molar-refractivity contribution in [1.29, 1.82) is 0 Å². The quantitative estimate of drug-likeness (QED) is 0.745. The third kappa shape index (κ3) is 2.45. The second-order valence-electron chi connectivity index (χ2n) is 4.37. The molecule has 0 aromatic heterocycles. The lowest BCUT2D eigenvalue weighted by molar-refractivity contribution is 0.330. The summed E-state index contributed by atoms with van der Waals surface area (Å²) in [5, 5.41) is 3.24. The van der Waals surface area contributed by atoms with Crippen LogP contribution in [-0.4, -0.2) is 38.2 Å². The van der Waals surface area contributed by atoms with Gasteiger partial charge >= 0.3 is 0 Å². The molecular formula is C9H16FNO2S. The van der Waals surface area contributed by atoms with Crippen molar-refractivity contribution in [2.45, 2.75) is 43.9 Å². The summed E-state index contributed by atoms with van der Waals surface area (Å²) in [5.74, 6) is 0.525. The van der Waals surface area contributed by atoms with E-state index in [1.807, 2.05) is 0 Å². The lowest BCUT2D eigenvalue weighted by atomic mass is 10.2. The fourth-order valence-electron chi connectivity index (χ4n) is 2.34. The van der Waals surface area contributed by atoms with Crippen LogP contribution in [0.25, 0.3) is 0 Å². The molecule has 14 heavy (non-hydrogen) atoms. The molecule has 0 amide bonds. The summed E-state index contributed by atoms with van der Waals surface area (Å²) >= 11 is 0. The topological polar surface area (TPSA) is 46.2 Å². The zero-order valence-electron chi connectivity index (χ0n) is 8.08. The summed E-state index contributed by atoms with van der Waals surface area (Å²) in [6.07, 6.45) is 2.02. The molecule has 1 saturated heterocycles. The molecule has 0 aromatic rings. The Labute approximate surface area is 84.0 Å². The lowest BCUT2D eigenvalue weighted by Gasteiger charge is -2.16. The van der Waals surface area contributed by atoms with Gasteiger partial charge in [-0.3, -0.25) is 0 Å². The van der Waals surface area contributed by atoms with E-state index >= 15 is 0 Å². The molecule has 5 heteroatoms. The predicted molar refractivity (Wildman–Crippen MR) is 52.7 cm³/mol. The number of alkyl halides is 1. The van der Waals surface area contributed by atoms with Gasteiger partial charge < -0.3 is 5.32 Å². The molecule has 1 aliphatic carbocycles. The van der Waals surface area contributed by atoms with Crippen molar-refractivity contribution in [2.24, 2.45) is 0 Å². The minimum atomic E-state index is -2.81. The molecule has 1 N–H and O–H groups in total. The van der Waals surface area contributed by atoms with Crippen molar-refractivity contribution in [3.63, 3.8) is 0 Å². The molecule has 0 aromatic carbocycles. The summed E-state index contributed by atoms with van der Waals surface area (Å²) < 4.78 is 35.2. The minimum Gasteiger partial charge on any atom is -0.310 e. The first kappa shape index (κ1) is 10.4. The highest BCUT2D eigenvalue weighted by molar-refractivity contribution is 7.91. The Bertz CT molecular complexity index is 304. The second kappa shape index (κ2) is 3.77. The standard InChI is InChI=1S/C9H16FNO2S/c10-7-1-2-8(5-7)11-9-3-4-14(12,13)6-9/h7-9,11H,1-6H2. The maximum atomic E-state index is 12.8. The van der Waals surface area contributed by atoms with Crippen LogP contribution < -0.4 is 5.32 Å². The molecule has 1 heterocycles. The number of nitrogens with one attached hydrogen (secondary N) is 1. The number of rotatable bonds is 2. The van der Waals surface area contributed by atoms with Crippen molar-refractivity contribution in [2.75, 3.05) is 11.5 Å². The summed E-state index contributed by atoms with van der Waals surface area (Å²) in [4.78, 5) is 0. The number of halogens is 1. The molecule has 3 atom stereocenters. The lowest BCUT2D eigenvalue weighted by Crippen LogP contribution is -2.37. The fourth-order valence-corrected chi connectivity index (χ4v) is 4.02. The maximum absolute atomic E-state index is 12.8. The predicted octanol–water partition coefficient (Wildman–Crippen LogP) is 0.654. The Morgan fingerprint density at radius 3 is 2.43 bits per heavy atom. The van der Waals surface area contributed by atoms with Gasteiger partial charge in [0.15, 0.2) is 9.84 Å². The van der Waals surface area contributed by atoms with Gasteiger partial charge in [0.1, 0.15) is 6.17 Å². The van der Waals surface area contributed by atoms with E-state index in [4.69, 9.17) is 0 Å². The molecule has 3 unspecified atom stereocenters. The third-order valence-electron chi connectivity index (χ3n) is 3.07. The first-order valence-electron chi connectivity index (χ1n) is 5.16. The smallest absolute Gasteiger partial charge is 0.151 e. The average molecular weight is 221 g/mol. The number of sulfone groups is 1. The zero-order valence-corrected chi connectivity index (χ0v) is 8.89. The molecule has 2 rings (SSSR count). The van der Waals surface area contributed by atoms with E-state index in [0.29, 0.717) is 19.3 Å². The van der Waals surface area contributed by atoms with Crippen LogP contribution in [0.1, 0.15) is 25.7 Å². The molecule has 0 radical (unpaired) electrons. The summed E-state index contributed by atoms with van der Waals surface area (Å²) in [7, 11) is -2.81. The summed E-state index contributed by atoms with van der Waals surface area (Å²) in [6.45, 7) is 0. The van der Waals surface area contributed by atoms with Crippen LogP contribution in [0.2, 0.25) is 0 Å². The van der Waals surface area contributed by atoms with Crippen molar-refractivity contribution in [3.8, 4) is 0 Å². The molecule has 82 valence electrons. The van der Waals surface area contributed by atoms with Gasteiger partial charge in [-0.2, -0.15) is 0 Å². The maximum Gasteiger partial charge on any atom is 0.151 e. The van der Waals surface area contributed by atoms with Gasteiger partial charge in [0.25, 0.3) is 0 Å². The third-order valence-corrected chi connectivity index (χ3v) is 4.84. The van der Waals surface area contributed by atoms with E-state index in [1.165, 1.54) is 0 Å². The van der Waals surface area contributed by atoms with Gasteiger partial charge in [-0.25, -0.2) is 12.8 Å². The first-order chi connectivity index (χ1) is 6.55. The van der Waals surface area contributed by atoms with E-state index in [1.54, 1.807) is 0 Å². The van der Waals surface area contributed by atoms with Crippen LogP contribution in [0, 0.1) is 0 Å². The second-order valence-corrected chi connectivity index (χ2v) is 6.60. The van der Waals surface area contributed by atoms with Crippen molar-refractivity contribution < 1.29 is 12.8 Å². The van der Waals surface area contributed by atoms with Gasteiger partial charge in [-0.15, -0.1) is 0 Å². The molecule has 3 nitrogen and oxygen atoms in total. The molecule has 0 bridgehead atoms. The average Bonchev–Trinajstić information content (AvgIpc) is 2.59. The molecule has 1 aliphatic heterocycles. The van der Waals surface area contributed by atoms with Crippen LogP contribution in [0.3, 0.4) is 0 Å². The van der Waals surface area contributed by atoms with E-state index in [0.717, 1.165) is 6.42 Å². The van der Waals surface area contributed by atoms with Crippen LogP contribution in [-0.2, 0) is 9.84 Å². The van der Waals surface area contributed by atoms with Crippen molar-refractivity contribution in [3.05, 3.63) is 0 Å². The molecular weight excluding hydrogens is 205 g/mol. The van der Waals surface area contributed by atoms with E-state index in [-0.39, 0.29) is 23.6 Å². The van der Waals surface area contributed by atoms with Crippen LogP contribution >= 0.6 is 0 Å². The van der Waals surface area contributed by atoms with Gasteiger partial charge in [0.2, 0.25) is 0 Å². The van der Waals surface area contributed by atoms with E-state index < -0.39 is 16.0 Å². The Morgan fingerprint density at radius 1 is 1.14 bits per heavy atom.